The smallest absolute Gasteiger partial charge is 0.375 e. The fourth-order valence-electron chi connectivity index (χ4n) is 4.19. The predicted octanol–water partition coefficient (Wildman–Crippen LogP) is 1.24. The molecule has 0 unspecified atom stereocenters. The quantitative estimate of drug-likeness (QED) is 0.147. The minimum atomic E-state index is -0.850. The third-order valence-electron chi connectivity index (χ3n) is 5.99. The molecule has 0 amide bonds. The van der Waals surface area contributed by atoms with E-state index in [9.17, 15) is 9.59 Å². The molecule has 0 spiro atoms. The zero-order chi connectivity index (χ0) is 27.6. The van der Waals surface area contributed by atoms with Gasteiger partial charge in [0.2, 0.25) is 0 Å². The zero-order valence-electron chi connectivity index (χ0n) is 21.1. The largest absolute Gasteiger partial charge is 0.426 e. The van der Waals surface area contributed by atoms with Crippen LogP contribution in [0.5, 0.6) is 0 Å². The fourth-order valence-corrected chi connectivity index (χ4v) is 4.19. The van der Waals surface area contributed by atoms with Crippen molar-refractivity contribution in [3.05, 3.63) is 133 Å². The molecule has 0 saturated carbocycles. The summed E-state index contributed by atoms with van der Waals surface area (Å²) < 4.78 is 7.86. The molecule has 0 aliphatic carbocycles. The van der Waals surface area contributed by atoms with Crippen molar-refractivity contribution >= 4 is 0 Å². The van der Waals surface area contributed by atoms with E-state index in [-0.39, 0.29) is 45.0 Å². The molecule has 39 heavy (non-hydrogen) atoms. The molecule has 12 nitrogen and oxygen atoms in total. The highest BCUT2D eigenvalue weighted by Crippen LogP contribution is 2.08. The molecular formula is C27H30N6O6. The Morgan fingerprint density at radius 2 is 1.08 bits per heavy atom. The van der Waals surface area contributed by atoms with Gasteiger partial charge in [-0.1, -0.05) is 72.8 Å². The number of aromatic nitrogens is 2. The van der Waals surface area contributed by atoms with E-state index in [0.29, 0.717) is 5.56 Å². The van der Waals surface area contributed by atoms with Crippen molar-refractivity contribution in [2.45, 2.75) is 39.3 Å². The monoisotopic (exact) mass is 534 g/mol. The Kier molecular flexibility index (Phi) is 9.69. The first-order valence-electron chi connectivity index (χ1n) is 12.2. The highest BCUT2D eigenvalue weighted by molar-refractivity contribution is 5.25. The van der Waals surface area contributed by atoms with E-state index in [1.54, 1.807) is 30.3 Å². The van der Waals surface area contributed by atoms with Gasteiger partial charge in [-0.25, -0.2) is 40.2 Å². The van der Waals surface area contributed by atoms with E-state index < -0.39 is 11.4 Å². The Morgan fingerprint density at radius 3 is 1.59 bits per heavy atom. The Balaban J connectivity index is 1.77. The molecule has 0 aliphatic rings. The number of nitrogens with zero attached hydrogens (tertiary/aromatic N) is 3. The summed E-state index contributed by atoms with van der Waals surface area (Å²) in [5.74, 6) is -0.850. The minimum Gasteiger partial charge on any atom is -0.375 e. The number of benzene rings is 3. The highest BCUT2D eigenvalue weighted by Gasteiger charge is 2.13. The Hall–Kier alpha value is -4.17. The Labute approximate surface area is 223 Å². The number of hydrogen-bond acceptors (Lipinski definition) is 10. The Morgan fingerprint density at radius 1 is 0.641 bits per heavy atom. The summed E-state index contributed by atoms with van der Waals surface area (Å²) in [6, 6.07) is 21.8. The van der Waals surface area contributed by atoms with Gasteiger partial charge in [0.1, 0.15) is 0 Å². The maximum absolute atomic E-state index is 13.7. The van der Waals surface area contributed by atoms with Gasteiger partial charge >= 0.3 is 17.1 Å². The van der Waals surface area contributed by atoms with Crippen molar-refractivity contribution in [2.75, 3.05) is 0 Å². The van der Waals surface area contributed by atoms with E-state index in [1.807, 2.05) is 42.5 Å². The standard InChI is InChI=1S/C27H30N6O6/c34-26-32(17-23-8-2-6-21(11-23)15-30-37)25(28-13-19-4-1-5-20(10-19)14-29-36)39-27(35)33(26)18-24-9-3-7-22(12-24)16-31-38/h1-12,29-31,36-38H,13-18H2. The van der Waals surface area contributed by atoms with Gasteiger partial charge in [-0.05, 0) is 33.4 Å². The lowest BCUT2D eigenvalue weighted by Gasteiger charge is -2.11. The number of hydroxylamine groups is 3. The van der Waals surface area contributed by atoms with Gasteiger partial charge in [-0.3, -0.25) is 0 Å². The van der Waals surface area contributed by atoms with Gasteiger partial charge in [-0.15, -0.1) is 0 Å². The summed E-state index contributed by atoms with van der Waals surface area (Å²) in [4.78, 5) is 31.1. The topological polar surface area (TPSA) is 166 Å². The molecule has 0 aliphatic heterocycles. The van der Waals surface area contributed by atoms with E-state index in [2.05, 4.69) is 21.4 Å². The van der Waals surface area contributed by atoms with Crippen LogP contribution in [0.3, 0.4) is 0 Å². The maximum atomic E-state index is 13.7. The third kappa shape index (κ3) is 7.45. The Bertz CT molecular complexity index is 1590. The predicted molar refractivity (Wildman–Crippen MR) is 140 cm³/mol. The highest BCUT2D eigenvalue weighted by atomic mass is 16.5. The van der Waals surface area contributed by atoms with Crippen molar-refractivity contribution in [1.29, 1.82) is 0 Å². The second-order valence-corrected chi connectivity index (χ2v) is 8.89. The molecule has 0 fully saturated rings. The van der Waals surface area contributed by atoms with Crippen molar-refractivity contribution in [3.8, 4) is 0 Å². The van der Waals surface area contributed by atoms with Crippen LogP contribution in [0.2, 0.25) is 0 Å². The van der Waals surface area contributed by atoms with Crippen molar-refractivity contribution < 1.29 is 20.0 Å². The van der Waals surface area contributed by atoms with Crippen molar-refractivity contribution in [3.63, 3.8) is 0 Å². The second-order valence-electron chi connectivity index (χ2n) is 8.89. The first kappa shape index (κ1) is 27.9. The van der Waals surface area contributed by atoms with E-state index in [0.717, 1.165) is 32.4 Å². The molecular weight excluding hydrogens is 504 g/mol. The van der Waals surface area contributed by atoms with Crippen LogP contribution < -0.4 is 33.6 Å². The van der Waals surface area contributed by atoms with Crippen LogP contribution in [0.15, 0.2) is 91.8 Å². The summed E-state index contributed by atoms with van der Waals surface area (Å²) in [5.41, 5.74) is 10.2. The van der Waals surface area contributed by atoms with Gasteiger partial charge < -0.3 is 20.0 Å². The summed E-state index contributed by atoms with van der Waals surface area (Å²) >= 11 is 0. The molecule has 204 valence electrons. The summed E-state index contributed by atoms with van der Waals surface area (Å²) in [6.07, 6.45) is 0. The van der Waals surface area contributed by atoms with E-state index >= 15 is 0 Å². The van der Waals surface area contributed by atoms with E-state index in [1.165, 1.54) is 4.57 Å². The van der Waals surface area contributed by atoms with Crippen LogP contribution in [-0.2, 0) is 39.3 Å². The lowest BCUT2D eigenvalue weighted by atomic mass is 10.1. The zero-order valence-corrected chi connectivity index (χ0v) is 21.1. The van der Waals surface area contributed by atoms with Gasteiger partial charge in [0, 0.05) is 19.6 Å². The summed E-state index contributed by atoms with van der Waals surface area (Å²) in [7, 11) is 0. The van der Waals surface area contributed by atoms with Crippen molar-refractivity contribution in [1.82, 2.24) is 25.6 Å². The van der Waals surface area contributed by atoms with Gasteiger partial charge in [-0.2, -0.15) is 0 Å². The second kappa shape index (κ2) is 13.6. The first-order chi connectivity index (χ1) is 19.0. The van der Waals surface area contributed by atoms with Gasteiger partial charge in [0.15, 0.2) is 0 Å². The molecule has 6 N–H and O–H groups in total. The first-order valence-corrected chi connectivity index (χ1v) is 12.2. The van der Waals surface area contributed by atoms with Crippen LogP contribution in [0.1, 0.15) is 33.4 Å². The molecule has 0 atom stereocenters. The molecule has 3 aromatic carbocycles. The lowest BCUT2D eigenvalue weighted by Crippen LogP contribution is -2.47. The van der Waals surface area contributed by atoms with Gasteiger partial charge in [0.05, 0.1) is 19.6 Å². The van der Waals surface area contributed by atoms with E-state index in [4.69, 9.17) is 20.0 Å². The SMILES string of the molecule is O=c1oc(=NCc2cccc(CNO)c2)n(Cc2cccc(CNO)c2)c(=O)n1Cc1cccc(CNO)c1. The summed E-state index contributed by atoms with van der Waals surface area (Å²) in [6.45, 7) is 0.866. The van der Waals surface area contributed by atoms with Gasteiger partial charge in [0.25, 0.3) is 0 Å². The van der Waals surface area contributed by atoms with Crippen LogP contribution in [0.4, 0.5) is 0 Å². The molecule has 0 radical (unpaired) electrons. The third-order valence-corrected chi connectivity index (χ3v) is 5.99. The number of rotatable bonds is 12. The van der Waals surface area contributed by atoms with Crippen LogP contribution in [-0.4, -0.2) is 24.8 Å². The average Bonchev–Trinajstić information content (AvgIpc) is 2.93. The lowest BCUT2D eigenvalue weighted by molar-refractivity contribution is 0.161. The fraction of sp³-hybridized carbons (Fsp3) is 0.222. The van der Waals surface area contributed by atoms with Crippen LogP contribution in [0, 0.1) is 0 Å². The molecule has 12 heteroatoms. The molecule has 0 saturated heterocycles. The molecule has 1 aromatic heterocycles. The van der Waals surface area contributed by atoms with Crippen molar-refractivity contribution in [2.24, 2.45) is 4.99 Å². The minimum absolute atomic E-state index is 0.0363. The number of nitrogens with one attached hydrogen (secondary N) is 3. The van der Waals surface area contributed by atoms with Crippen LogP contribution >= 0.6 is 0 Å². The van der Waals surface area contributed by atoms with Crippen LogP contribution in [0.25, 0.3) is 0 Å². The summed E-state index contributed by atoms with van der Waals surface area (Å²) in [5, 5.41) is 27.1. The molecule has 4 rings (SSSR count). The molecule has 4 aromatic rings. The molecule has 1 heterocycles. The number of hydrogen-bond donors (Lipinski definition) is 6. The average molecular weight is 535 g/mol. The molecule has 0 bridgehead atoms. The maximum Gasteiger partial charge on any atom is 0.426 e. The normalized spacial score (nSPS) is 11.7.